The smallest absolute Gasteiger partial charge is 0.333 e. The second kappa shape index (κ2) is 5.12. The van der Waals surface area contributed by atoms with Crippen molar-refractivity contribution >= 4 is 11.2 Å². The molecule has 1 aliphatic heterocycles. The van der Waals surface area contributed by atoms with Gasteiger partial charge in [0.25, 0.3) is 0 Å². The number of rotatable bonds is 0. The maximum atomic E-state index is 12.4. The van der Waals surface area contributed by atoms with Gasteiger partial charge in [0.15, 0.2) is 5.65 Å². The fraction of sp³-hybridized carbons (Fsp3) is 0.312. The summed E-state index contributed by atoms with van der Waals surface area (Å²) in [6.45, 7) is 3.95. The Bertz CT molecular complexity index is 930. The minimum Gasteiger partial charge on any atom is -0.488 e. The van der Waals surface area contributed by atoms with Crippen LogP contribution >= 0.6 is 0 Å². The van der Waals surface area contributed by atoms with E-state index in [4.69, 9.17) is 9.47 Å². The van der Waals surface area contributed by atoms with Crippen LogP contribution < -0.4 is 15.2 Å². The van der Waals surface area contributed by atoms with Crippen LogP contribution in [0.15, 0.2) is 35.3 Å². The van der Waals surface area contributed by atoms with Crippen LogP contribution in [-0.4, -0.2) is 31.7 Å². The van der Waals surface area contributed by atoms with Gasteiger partial charge in [-0.05, 0) is 19.9 Å². The average Bonchev–Trinajstić information content (AvgIpc) is 2.83. The minimum absolute atomic E-state index is 0.0548. The first kappa shape index (κ1) is 13.8. The van der Waals surface area contributed by atoms with Crippen molar-refractivity contribution in [3.8, 4) is 17.4 Å². The van der Waals surface area contributed by atoms with E-state index in [-0.39, 0.29) is 17.9 Å². The number of ether oxygens (including phenoxy) is 2. The highest BCUT2D eigenvalue weighted by Gasteiger charge is 2.20. The molecule has 7 nitrogen and oxygen atoms in total. The van der Waals surface area contributed by atoms with Crippen molar-refractivity contribution in [1.29, 1.82) is 0 Å². The maximum absolute atomic E-state index is 12.4. The molecule has 4 heterocycles. The van der Waals surface area contributed by atoms with Crippen molar-refractivity contribution in [3.05, 3.63) is 40.9 Å². The highest BCUT2D eigenvalue weighted by atomic mass is 16.5. The van der Waals surface area contributed by atoms with E-state index in [1.165, 1.54) is 4.57 Å². The maximum Gasteiger partial charge on any atom is 0.333 e. The molecule has 1 aliphatic rings. The highest BCUT2D eigenvalue weighted by molar-refractivity contribution is 5.80. The number of aromatic amines is 1. The summed E-state index contributed by atoms with van der Waals surface area (Å²) in [4.78, 5) is 23.8. The molecule has 118 valence electrons. The molecule has 1 N–H and O–H groups in total. The number of fused-ring (bicyclic) bond motifs is 3. The zero-order valence-corrected chi connectivity index (χ0v) is 12.8. The Morgan fingerprint density at radius 2 is 2.04 bits per heavy atom. The number of pyridine rings is 2. The summed E-state index contributed by atoms with van der Waals surface area (Å²) in [6, 6.07) is 7.11. The molecule has 3 aromatic heterocycles. The summed E-state index contributed by atoms with van der Waals surface area (Å²) in [5.41, 5.74) is 0.747. The molecule has 2 unspecified atom stereocenters. The topological polar surface area (TPSA) is 82.0 Å². The lowest BCUT2D eigenvalue weighted by Gasteiger charge is -2.19. The summed E-state index contributed by atoms with van der Waals surface area (Å²) < 4.78 is 13.3. The summed E-state index contributed by atoms with van der Waals surface area (Å²) in [5.74, 6) is 1.55. The Labute approximate surface area is 131 Å². The molecule has 2 bridgehead atoms. The minimum atomic E-state index is -0.312. The third kappa shape index (κ3) is 2.34. The molecule has 7 heteroatoms. The molecule has 0 radical (unpaired) electrons. The monoisotopic (exact) mass is 312 g/mol. The van der Waals surface area contributed by atoms with Crippen LogP contribution in [0.4, 0.5) is 0 Å². The molecule has 4 rings (SSSR count). The molecule has 23 heavy (non-hydrogen) atoms. The SMILES string of the molecule is CC1CC(C)Oc2ccnc3[nH]c(=O)n(c23)-c2cccc(n2)O1. The van der Waals surface area contributed by atoms with Crippen molar-refractivity contribution in [1.82, 2.24) is 19.5 Å². The van der Waals surface area contributed by atoms with Crippen LogP contribution in [0.3, 0.4) is 0 Å². The summed E-state index contributed by atoms with van der Waals surface area (Å²) in [5, 5.41) is 0. The first-order chi connectivity index (χ1) is 11.1. The first-order valence-electron chi connectivity index (χ1n) is 7.52. The van der Waals surface area contributed by atoms with Gasteiger partial charge in [-0.1, -0.05) is 6.07 Å². The summed E-state index contributed by atoms with van der Waals surface area (Å²) in [7, 11) is 0. The van der Waals surface area contributed by atoms with Crippen molar-refractivity contribution in [2.45, 2.75) is 32.5 Å². The fourth-order valence-electron chi connectivity index (χ4n) is 2.90. The van der Waals surface area contributed by atoms with Crippen LogP contribution in [0.1, 0.15) is 20.3 Å². The molecule has 2 atom stereocenters. The molecular formula is C16H16N4O3. The van der Waals surface area contributed by atoms with Gasteiger partial charge >= 0.3 is 5.69 Å². The zero-order chi connectivity index (χ0) is 16.0. The Morgan fingerprint density at radius 3 is 2.91 bits per heavy atom. The molecular weight excluding hydrogens is 296 g/mol. The van der Waals surface area contributed by atoms with Gasteiger partial charge in [-0.15, -0.1) is 0 Å². The number of H-pyrrole nitrogens is 1. The van der Waals surface area contributed by atoms with Gasteiger partial charge in [0, 0.05) is 24.8 Å². The van der Waals surface area contributed by atoms with E-state index in [1.54, 1.807) is 24.4 Å². The Kier molecular flexibility index (Phi) is 3.07. The predicted molar refractivity (Wildman–Crippen MR) is 84.3 cm³/mol. The van der Waals surface area contributed by atoms with Crippen molar-refractivity contribution in [2.24, 2.45) is 0 Å². The van der Waals surface area contributed by atoms with E-state index in [0.29, 0.717) is 35.0 Å². The molecule has 0 aromatic carbocycles. The molecule has 0 fully saturated rings. The molecule has 0 amide bonds. The average molecular weight is 312 g/mol. The van der Waals surface area contributed by atoms with E-state index < -0.39 is 0 Å². The van der Waals surface area contributed by atoms with Crippen molar-refractivity contribution < 1.29 is 9.47 Å². The van der Waals surface area contributed by atoms with Gasteiger partial charge in [-0.3, -0.25) is 4.98 Å². The quantitative estimate of drug-likeness (QED) is 0.687. The number of aromatic nitrogens is 4. The van der Waals surface area contributed by atoms with Crippen LogP contribution in [0.2, 0.25) is 0 Å². The van der Waals surface area contributed by atoms with Crippen molar-refractivity contribution in [2.75, 3.05) is 0 Å². The van der Waals surface area contributed by atoms with Crippen molar-refractivity contribution in [3.63, 3.8) is 0 Å². The molecule has 0 saturated heterocycles. The van der Waals surface area contributed by atoms with E-state index >= 15 is 0 Å². The second-order valence-electron chi connectivity index (χ2n) is 5.70. The van der Waals surface area contributed by atoms with Crippen LogP contribution in [0.5, 0.6) is 11.6 Å². The van der Waals surface area contributed by atoms with Gasteiger partial charge in [0.2, 0.25) is 5.88 Å². The lowest BCUT2D eigenvalue weighted by Crippen LogP contribution is -2.23. The molecule has 0 saturated carbocycles. The van der Waals surface area contributed by atoms with Gasteiger partial charge in [-0.25, -0.2) is 14.3 Å². The van der Waals surface area contributed by atoms with E-state index in [1.807, 2.05) is 19.9 Å². The van der Waals surface area contributed by atoms with E-state index in [2.05, 4.69) is 15.0 Å². The number of imidazole rings is 1. The van der Waals surface area contributed by atoms with Gasteiger partial charge in [0.1, 0.15) is 23.2 Å². The van der Waals surface area contributed by atoms with Crippen LogP contribution in [0, 0.1) is 0 Å². The molecule has 0 spiro atoms. The van der Waals surface area contributed by atoms with Gasteiger partial charge in [-0.2, -0.15) is 4.98 Å². The standard InChI is InChI=1S/C16H16N4O3/c1-9-8-10(2)23-13-5-3-4-12(18-13)20-14-11(22-9)6-7-17-15(14)19-16(20)21/h3-7,9-10H,8H2,1-2H3,(H,17,19,21). The van der Waals surface area contributed by atoms with Gasteiger partial charge < -0.3 is 9.47 Å². The predicted octanol–water partition coefficient (Wildman–Crippen LogP) is 2.05. The lowest BCUT2D eigenvalue weighted by atomic mass is 10.2. The fourth-order valence-corrected chi connectivity index (χ4v) is 2.90. The summed E-state index contributed by atoms with van der Waals surface area (Å²) in [6.07, 6.45) is 2.18. The third-order valence-electron chi connectivity index (χ3n) is 3.79. The number of hydrogen-bond acceptors (Lipinski definition) is 5. The Morgan fingerprint density at radius 1 is 1.22 bits per heavy atom. The van der Waals surface area contributed by atoms with E-state index in [0.717, 1.165) is 0 Å². The molecule has 0 aliphatic carbocycles. The number of nitrogens with zero attached hydrogens (tertiary/aromatic N) is 3. The third-order valence-corrected chi connectivity index (χ3v) is 3.79. The Balaban J connectivity index is 2.04. The highest BCUT2D eigenvalue weighted by Crippen LogP contribution is 2.27. The van der Waals surface area contributed by atoms with Crippen LogP contribution in [-0.2, 0) is 0 Å². The Hall–Kier alpha value is -2.83. The van der Waals surface area contributed by atoms with Gasteiger partial charge in [0.05, 0.1) is 6.10 Å². The largest absolute Gasteiger partial charge is 0.488 e. The normalized spacial score (nSPS) is 20.4. The first-order valence-corrected chi connectivity index (χ1v) is 7.52. The number of hydrogen-bond donors (Lipinski definition) is 1. The van der Waals surface area contributed by atoms with Crippen LogP contribution in [0.25, 0.3) is 17.0 Å². The lowest BCUT2D eigenvalue weighted by molar-refractivity contribution is 0.129. The summed E-state index contributed by atoms with van der Waals surface area (Å²) >= 11 is 0. The number of nitrogens with one attached hydrogen (secondary N) is 1. The molecule has 3 aromatic rings. The second-order valence-corrected chi connectivity index (χ2v) is 5.70. The zero-order valence-electron chi connectivity index (χ0n) is 12.8. The van der Waals surface area contributed by atoms with E-state index in [9.17, 15) is 4.79 Å².